The van der Waals surface area contributed by atoms with Gasteiger partial charge in [-0.2, -0.15) is 5.10 Å². The Labute approximate surface area is 142 Å². The number of hydrogen-bond acceptors (Lipinski definition) is 6. The van der Waals surface area contributed by atoms with Crippen LogP contribution in [0.4, 0.5) is 0 Å². The minimum absolute atomic E-state index is 0.0970. The summed E-state index contributed by atoms with van der Waals surface area (Å²) in [7, 11) is 2.05. The van der Waals surface area contributed by atoms with E-state index >= 15 is 0 Å². The maximum Gasteiger partial charge on any atom is 0.202 e. The van der Waals surface area contributed by atoms with Crippen molar-refractivity contribution in [3.63, 3.8) is 0 Å². The Morgan fingerprint density at radius 2 is 2.33 bits per heavy atom. The third kappa shape index (κ3) is 1.98. The van der Waals surface area contributed by atoms with Crippen LogP contribution in [0.15, 0.2) is 29.8 Å². The summed E-state index contributed by atoms with van der Waals surface area (Å²) in [5.74, 6) is 0.0970. The summed E-state index contributed by atoms with van der Waals surface area (Å²) >= 11 is 1.59. The molecule has 2 aliphatic heterocycles. The molecule has 122 valence electrons. The number of benzene rings is 1. The zero-order valence-corrected chi connectivity index (χ0v) is 14.0. The zero-order chi connectivity index (χ0) is 16.3. The fraction of sp³-hybridized carbons (Fsp3) is 0.353. The molecule has 0 amide bonds. The van der Waals surface area contributed by atoms with E-state index in [1.165, 1.54) is 0 Å². The molecular weight excluding hydrogens is 322 g/mol. The molecule has 4 heterocycles. The van der Waals surface area contributed by atoms with Gasteiger partial charge in [0.2, 0.25) is 5.78 Å². The molecule has 1 unspecified atom stereocenters. The molecule has 6 nitrogen and oxygen atoms in total. The first kappa shape index (κ1) is 14.3. The summed E-state index contributed by atoms with van der Waals surface area (Å²) < 4.78 is 0. The number of carbonyl (C=O) groups is 1. The van der Waals surface area contributed by atoms with Gasteiger partial charge >= 0.3 is 0 Å². The second-order valence-corrected chi connectivity index (χ2v) is 7.44. The topological polar surface area (TPSA) is 73.9 Å². The first-order valence-electron chi connectivity index (χ1n) is 8.10. The second kappa shape index (κ2) is 5.20. The molecule has 0 radical (unpaired) electrons. The number of hydrogen-bond donors (Lipinski definition) is 2. The van der Waals surface area contributed by atoms with E-state index in [4.69, 9.17) is 0 Å². The van der Waals surface area contributed by atoms with E-state index in [0.717, 1.165) is 34.4 Å². The van der Waals surface area contributed by atoms with Crippen LogP contribution in [0.5, 0.6) is 0 Å². The quantitative estimate of drug-likeness (QED) is 0.713. The maximum atomic E-state index is 13.1. The molecule has 24 heavy (non-hydrogen) atoms. The molecule has 2 fully saturated rings. The Morgan fingerprint density at radius 1 is 1.42 bits per heavy atom. The van der Waals surface area contributed by atoms with Crippen molar-refractivity contribution in [2.45, 2.75) is 24.5 Å². The Hall–Kier alpha value is -2.09. The minimum atomic E-state index is -0.126. The van der Waals surface area contributed by atoms with Gasteiger partial charge in [0.05, 0.1) is 11.6 Å². The molecule has 1 aromatic carbocycles. The lowest BCUT2D eigenvalue weighted by atomic mass is 10.00. The molecular formula is C17H17N5OS. The average molecular weight is 339 g/mol. The molecule has 2 aliphatic rings. The molecule has 3 aromatic rings. The molecule has 0 saturated carbocycles. The van der Waals surface area contributed by atoms with E-state index in [9.17, 15) is 4.79 Å². The molecule has 7 heteroatoms. The van der Waals surface area contributed by atoms with Crippen molar-refractivity contribution in [3.8, 4) is 10.6 Å². The highest BCUT2D eigenvalue weighted by molar-refractivity contribution is 7.13. The lowest BCUT2D eigenvalue weighted by Gasteiger charge is -2.30. The van der Waals surface area contributed by atoms with Crippen LogP contribution in [0.1, 0.15) is 16.9 Å². The van der Waals surface area contributed by atoms with E-state index in [2.05, 4.69) is 25.4 Å². The van der Waals surface area contributed by atoms with E-state index in [-0.39, 0.29) is 17.9 Å². The lowest BCUT2D eigenvalue weighted by molar-refractivity contribution is 0.0811. The highest BCUT2D eigenvalue weighted by Crippen LogP contribution is 2.32. The van der Waals surface area contributed by atoms with Crippen LogP contribution < -0.4 is 5.32 Å². The summed E-state index contributed by atoms with van der Waals surface area (Å²) in [5.41, 5.74) is 2.44. The fourth-order valence-corrected chi connectivity index (χ4v) is 4.65. The summed E-state index contributed by atoms with van der Waals surface area (Å²) in [4.78, 5) is 19.7. The Morgan fingerprint density at radius 3 is 3.08 bits per heavy atom. The number of aromatic amines is 1. The van der Waals surface area contributed by atoms with Gasteiger partial charge in [-0.25, -0.2) is 4.98 Å². The maximum absolute atomic E-state index is 13.1. The number of ketones is 1. The summed E-state index contributed by atoms with van der Waals surface area (Å²) in [6.07, 6.45) is 2.83. The summed E-state index contributed by atoms with van der Waals surface area (Å²) in [6.45, 7) is 0.973. The third-order valence-corrected chi connectivity index (χ3v) is 6.10. The predicted molar refractivity (Wildman–Crippen MR) is 93.3 cm³/mol. The average Bonchev–Trinajstić information content (AvgIpc) is 3.36. The van der Waals surface area contributed by atoms with Crippen LogP contribution in [0.25, 0.3) is 21.5 Å². The van der Waals surface area contributed by atoms with Gasteiger partial charge < -0.3 is 5.32 Å². The number of likely N-dealkylation sites (tertiary alicyclic amines) is 1. The van der Waals surface area contributed by atoms with Gasteiger partial charge in [-0.15, -0.1) is 11.3 Å². The summed E-state index contributed by atoms with van der Waals surface area (Å²) in [5, 5.41) is 14.6. The SMILES string of the molecule is CN1C(C(=O)c2n[nH]c3ccc(-c4nccs4)cc23)[C@H]2C[C@H]1CN2. The van der Waals surface area contributed by atoms with Gasteiger partial charge in [-0.05, 0) is 31.7 Å². The van der Waals surface area contributed by atoms with E-state index in [0.29, 0.717) is 11.7 Å². The minimum Gasteiger partial charge on any atom is -0.310 e. The number of Topliss-reactive ketones (excluding diaryl/α,β-unsaturated/α-hetero) is 1. The molecule has 0 aliphatic carbocycles. The molecule has 5 rings (SSSR count). The smallest absolute Gasteiger partial charge is 0.202 e. The molecule has 2 aromatic heterocycles. The third-order valence-electron chi connectivity index (χ3n) is 5.28. The van der Waals surface area contributed by atoms with Crippen molar-refractivity contribution >= 4 is 28.0 Å². The van der Waals surface area contributed by atoms with Gasteiger partial charge in [0.1, 0.15) is 10.7 Å². The number of fused-ring (bicyclic) bond motifs is 3. The van der Waals surface area contributed by atoms with Crippen molar-refractivity contribution in [3.05, 3.63) is 35.5 Å². The van der Waals surface area contributed by atoms with Crippen LogP contribution in [0.3, 0.4) is 0 Å². The number of H-pyrrole nitrogens is 1. The largest absolute Gasteiger partial charge is 0.310 e. The van der Waals surface area contributed by atoms with E-state index < -0.39 is 0 Å². The first-order chi connectivity index (χ1) is 11.7. The van der Waals surface area contributed by atoms with E-state index in [1.807, 2.05) is 30.6 Å². The number of piperazine rings is 1. The van der Waals surface area contributed by atoms with Gasteiger partial charge in [-0.3, -0.25) is 14.8 Å². The van der Waals surface area contributed by atoms with Crippen LogP contribution in [0.2, 0.25) is 0 Å². The van der Waals surface area contributed by atoms with Crippen LogP contribution in [-0.4, -0.2) is 57.6 Å². The normalized spacial score (nSPS) is 26.5. The number of likely N-dealkylation sites (N-methyl/N-ethyl adjacent to an activating group) is 1. The highest BCUT2D eigenvalue weighted by atomic mass is 32.1. The van der Waals surface area contributed by atoms with Gasteiger partial charge in [-0.1, -0.05) is 0 Å². The van der Waals surface area contributed by atoms with Gasteiger partial charge in [0, 0.05) is 41.2 Å². The van der Waals surface area contributed by atoms with Crippen molar-refractivity contribution < 1.29 is 4.79 Å². The van der Waals surface area contributed by atoms with Crippen LogP contribution in [-0.2, 0) is 0 Å². The zero-order valence-electron chi connectivity index (χ0n) is 13.2. The molecule has 2 bridgehead atoms. The first-order valence-corrected chi connectivity index (χ1v) is 8.98. The van der Waals surface area contributed by atoms with Crippen LogP contribution in [0, 0.1) is 0 Å². The second-order valence-electron chi connectivity index (χ2n) is 6.55. The summed E-state index contributed by atoms with van der Waals surface area (Å²) in [6, 6.07) is 6.57. The highest BCUT2D eigenvalue weighted by Gasteiger charge is 2.48. The number of aromatic nitrogens is 3. The lowest BCUT2D eigenvalue weighted by Crippen LogP contribution is -2.53. The Kier molecular flexibility index (Phi) is 3.09. The number of carbonyl (C=O) groups excluding carboxylic acids is 1. The van der Waals surface area contributed by atoms with Gasteiger partial charge in [0.25, 0.3) is 0 Å². The molecule has 2 N–H and O–H groups in total. The van der Waals surface area contributed by atoms with Crippen molar-refractivity contribution in [2.75, 3.05) is 13.6 Å². The van der Waals surface area contributed by atoms with Gasteiger partial charge in [0.15, 0.2) is 0 Å². The number of rotatable bonds is 3. The van der Waals surface area contributed by atoms with Crippen molar-refractivity contribution in [2.24, 2.45) is 0 Å². The van der Waals surface area contributed by atoms with Crippen molar-refractivity contribution in [1.82, 2.24) is 25.4 Å². The van der Waals surface area contributed by atoms with E-state index in [1.54, 1.807) is 17.5 Å². The fourth-order valence-electron chi connectivity index (χ4n) is 4.02. The molecule has 2 saturated heterocycles. The standard InChI is InChI=1S/C17H17N5OS/c1-22-10-7-13(19-8-10)15(22)16(23)14-11-6-9(17-18-4-5-24-17)2-3-12(11)20-21-14/h2-6,10,13,15,19H,7-8H2,1H3,(H,20,21)/t10-,13+,15?/m0/s1. The van der Waals surface area contributed by atoms with Crippen LogP contribution >= 0.6 is 11.3 Å². The number of nitrogens with zero attached hydrogens (tertiary/aromatic N) is 3. The predicted octanol–water partition coefficient (Wildman–Crippen LogP) is 1.91. The van der Waals surface area contributed by atoms with Crippen molar-refractivity contribution in [1.29, 1.82) is 0 Å². The number of nitrogens with one attached hydrogen (secondary N) is 2. The Balaban J connectivity index is 1.57. The number of thiazole rings is 1. The Bertz CT molecular complexity index is 916. The monoisotopic (exact) mass is 339 g/mol. The molecule has 0 spiro atoms. The molecule has 3 atom stereocenters.